The van der Waals surface area contributed by atoms with Gasteiger partial charge in [0.25, 0.3) is 5.91 Å². The quantitative estimate of drug-likeness (QED) is 0.307. The van der Waals surface area contributed by atoms with Gasteiger partial charge in [0, 0.05) is 18.2 Å². The van der Waals surface area contributed by atoms with Gasteiger partial charge >= 0.3 is 0 Å². The third kappa shape index (κ3) is 5.39. The van der Waals surface area contributed by atoms with Gasteiger partial charge in [0.15, 0.2) is 5.76 Å². The first-order valence-corrected chi connectivity index (χ1v) is 13.2. The first-order chi connectivity index (χ1) is 19.1. The number of hydrogen-bond donors (Lipinski definition) is 1. The van der Waals surface area contributed by atoms with Crippen LogP contribution in [0.4, 0.5) is 5.69 Å². The third-order valence-corrected chi connectivity index (χ3v) is 7.29. The van der Waals surface area contributed by atoms with Crippen molar-refractivity contribution in [2.24, 2.45) is 5.92 Å². The summed E-state index contributed by atoms with van der Waals surface area (Å²) in [6.45, 7) is 0.894. The maximum atomic E-state index is 13.2. The van der Waals surface area contributed by atoms with E-state index in [2.05, 4.69) is 23.5 Å². The minimum Gasteiger partial charge on any atom is -0.497 e. The fourth-order valence-corrected chi connectivity index (χ4v) is 5.08. The van der Waals surface area contributed by atoms with Crippen LogP contribution < -0.4 is 14.8 Å². The molecule has 1 atom stereocenters. The molecule has 2 amide bonds. The zero-order chi connectivity index (χ0) is 26.8. The molecule has 6 rings (SSSR count). The molecule has 0 unspecified atom stereocenters. The molecular formula is C32H30N2O5. The van der Waals surface area contributed by atoms with Crippen molar-refractivity contribution in [1.29, 1.82) is 0 Å². The van der Waals surface area contributed by atoms with E-state index in [0.717, 1.165) is 36.9 Å². The summed E-state index contributed by atoms with van der Waals surface area (Å²) in [7, 11) is 1.59. The maximum Gasteiger partial charge on any atom is 0.291 e. The molecule has 0 radical (unpaired) electrons. The molecule has 1 saturated carbocycles. The number of nitrogens with one attached hydrogen (secondary N) is 1. The van der Waals surface area contributed by atoms with Gasteiger partial charge in [-0.2, -0.15) is 0 Å². The summed E-state index contributed by atoms with van der Waals surface area (Å²) in [4.78, 5) is 27.9. The molecule has 0 spiro atoms. The van der Waals surface area contributed by atoms with E-state index in [4.69, 9.17) is 13.9 Å². The Kier molecular flexibility index (Phi) is 6.80. The smallest absolute Gasteiger partial charge is 0.291 e. The number of nitrogens with zero attached hydrogens (tertiary/aromatic N) is 1. The van der Waals surface area contributed by atoms with Gasteiger partial charge in [0.05, 0.1) is 13.2 Å². The van der Waals surface area contributed by atoms with E-state index in [1.54, 1.807) is 43.5 Å². The summed E-state index contributed by atoms with van der Waals surface area (Å²) >= 11 is 0. The van der Waals surface area contributed by atoms with Crippen molar-refractivity contribution in [3.05, 3.63) is 113 Å². The molecule has 1 aliphatic carbocycles. The highest BCUT2D eigenvalue weighted by atomic mass is 16.5. The number of carbonyl (C=O) groups is 2. The Morgan fingerprint density at radius 1 is 0.949 bits per heavy atom. The normalized spacial score (nSPS) is 16.3. The Bertz CT molecular complexity index is 1470. The number of fused-ring (bicyclic) bond motifs is 1. The predicted molar refractivity (Wildman–Crippen MR) is 147 cm³/mol. The van der Waals surface area contributed by atoms with Crippen LogP contribution in [0.15, 0.2) is 89.3 Å². The standard InChI is InChI=1S/C32H30N2O5/c1-37-25-13-10-24(11-14-25)33-31(35)29-16-15-27(39-29)20-38-26-12-9-21-17-18-34(32(36)23-7-8-23)30(28(21)19-26)22-5-3-2-4-6-22/h2-6,9-16,19,23,30H,7-8,17-18,20H2,1H3,(H,33,35)/t30-/m0/s1. The molecule has 4 aromatic rings. The van der Waals surface area contributed by atoms with Crippen LogP contribution in [-0.2, 0) is 17.8 Å². The minimum absolute atomic E-state index is 0.136. The molecule has 2 heterocycles. The Balaban J connectivity index is 1.16. The number of benzene rings is 3. The number of hydrogen-bond acceptors (Lipinski definition) is 5. The van der Waals surface area contributed by atoms with Crippen LogP contribution in [0.25, 0.3) is 0 Å². The summed E-state index contributed by atoms with van der Waals surface area (Å²) in [5, 5.41) is 2.82. The predicted octanol–water partition coefficient (Wildman–Crippen LogP) is 6.00. The molecule has 1 aromatic heterocycles. The van der Waals surface area contributed by atoms with Crippen LogP contribution in [0.1, 0.15) is 51.9 Å². The van der Waals surface area contributed by atoms with Crippen LogP contribution >= 0.6 is 0 Å². The van der Waals surface area contributed by atoms with E-state index in [1.807, 2.05) is 35.2 Å². The van der Waals surface area contributed by atoms with Crippen LogP contribution in [-0.4, -0.2) is 30.4 Å². The molecule has 0 bridgehead atoms. The highest BCUT2D eigenvalue weighted by molar-refractivity contribution is 6.02. The summed E-state index contributed by atoms with van der Waals surface area (Å²) in [5.41, 5.74) is 4.07. The van der Waals surface area contributed by atoms with E-state index < -0.39 is 0 Å². The average molecular weight is 523 g/mol. The van der Waals surface area contributed by atoms with Gasteiger partial charge in [0.1, 0.15) is 23.9 Å². The van der Waals surface area contributed by atoms with E-state index in [0.29, 0.717) is 22.9 Å². The van der Waals surface area contributed by atoms with Gasteiger partial charge in [-0.05, 0) is 84.5 Å². The molecule has 198 valence electrons. The molecule has 3 aromatic carbocycles. The molecular weight excluding hydrogens is 492 g/mol. The number of anilines is 1. The van der Waals surface area contributed by atoms with Gasteiger partial charge in [-0.25, -0.2) is 0 Å². The summed E-state index contributed by atoms with van der Waals surface area (Å²) in [6, 6.07) is 26.6. The lowest BCUT2D eigenvalue weighted by atomic mass is 9.87. The van der Waals surface area contributed by atoms with Gasteiger partial charge < -0.3 is 24.1 Å². The molecule has 1 fully saturated rings. The Morgan fingerprint density at radius 3 is 2.46 bits per heavy atom. The lowest BCUT2D eigenvalue weighted by Gasteiger charge is -2.38. The first kappa shape index (κ1) is 24.8. The zero-order valence-electron chi connectivity index (χ0n) is 21.8. The van der Waals surface area contributed by atoms with Crippen molar-refractivity contribution in [3.63, 3.8) is 0 Å². The van der Waals surface area contributed by atoms with Crippen molar-refractivity contribution in [2.75, 3.05) is 19.0 Å². The monoisotopic (exact) mass is 522 g/mol. The number of methoxy groups -OCH3 is 1. The van der Waals surface area contributed by atoms with Crippen molar-refractivity contribution >= 4 is 17.5 Å². The van der Waals surface area contributed by atoms with Gasteiger partial charge in [-0.1, -0.05) is 36.4 Å². The van der Waals surface area contributed by atoms with E-state index in [-0.39, 0.29) is 36.1 Å². The maximum absolute atomic E-state index is 13.2. The third-order valence-electron chi connectivity index (χ3n) is 7.29. The van der Waals surface area contributed by atoms with Gasteiger partial charge in [-0.3, -0.25) is 9.59 Å². The number of amides is 2. The first-order valence-electron chi connectivity index (χ1n) is 13.2. The molecule has 1 aliphatic heterocycles. The van der Waals surface area contributed by atoms with Crippen molar-refractivity contribution in [3.8, 4) is 11.5 Å². The van der Waals surface area contributed by atoms with Crippen LogP contribution in [0, 0.1) is 5.92 Å². The lowest BCUT2D eigenvalue weighted by Crippen LogP contribution is -2.41. The zero-order valence-corrected chi connectivity index (χ0v) is 21.8. The number of rotatable bonds is 8. The van der Waals surface area contributed by atoms with E-state index in [9.17, 15) is 9.59 Å². The molecule has 0 saturated heterocycles. The van der Waals surface area contributed by atoms with Crippen LogP contribution in [0.5, 0.6) is 11.5 Å². The molecule has 7 heteroatoms. The molecule has 2 aliphatic rings. The average Bonchev–Trinajstić information content (AvgIpc) is 3.72. The summed E-state index contributed by atoms with van der Waals surface area (Å²) in [5.74, 6) is 2.21. The fraction of sp³-hybridized carbons (Fsp3) is 0.250. The molecule has 39 heavy (non-hydrogen) atoms. The topological polar surface area (TPSA) is 81.0 Å². The Labute approximate surface area is 227 Å². The number of carbonyl (C=O) groups excluding carboxylic acids is 2. The summed E-state index contributed by atoms with van der Waals surface area (Å²) in [6.07, 6.45) is 2.79. The number of furan rings is 1. The van der Waals surface area contributed by atoms with Gasteiger partial charge in [0.2, 0.25) is 5.91 Å². The molecule has 1 N–H and O–H groups in total. The Hall–Kier alpha value is -4.52. The van der Waals surface area contributed by atoms with Crippen LogP contribution in [0.3, 0.4) is 0 Å². The van der Waals surface area contributed by atoms with Crippen molar-refractivity contribution in [1.82, 2.24) is 4.90 Å². The lowest BCUT2D eigenvalue weighted by molar-refractivity contribution is -0.134. The fourth-order valence-electron chi connectivity index (χ4n) is 5.08. The second-order valence-electron chi connectivity index (χ2n) is 9.97. The highest BCUT2D eigenvalue weighted by Crippen LogP contribution is 2.41. The minimum atomic E-state index is -0.341. The largest absolute Gasteiger partial charge is 0.497 e. The second-order valence-corrected chi connectivity index (χ2v) is 9.97. The van der Waals surface area contributed by atoms with Crippen molar-refractivity contribution in [2.45, 2.75) is 31.9 Å². The van der Waals surface area contributed by atoms with Crippen molar-refractivity contribution < 1.29 is 23.5 Å². The van der Waals surface area contributed by atoms with E-state index >= 15 is 0 Å². The highest BCUT2D eigenvalue weighted by Gasteiger charge is 2.39. The second kappa shape index (κ2) is 10.7. The molecule has 7 nitrogen and oxygen atoms in total. The van der Waals surface area contributed by atoms with Crippen LogP contribution in [0.2, 0.25) is 0 Å². The van der Waals surface area contributed by atoms with E-state index in [1.165, 1.54) is 5.56 Å². The number of ether oxygens (including phenoxy) is 2. The summed E-state index contributed by atoms with van der Waals surface area (Å²) < 4.78 is 17.0. The Morgan fingerprint density at radius 2 is 1.72 bits per heavy atom. The van der Waals surface area contributed by atoms with Gasteiger partial charge in [-0.15, -0.1) is 0 Å². The SMILES string of the molecule is COc1ccc(NC(=O)c2ccc(COc3ccc4c(c3)[C@H](c3ccccc3)N(C(=O)C3CC3)CC4)o2)cc1.